The average Bonchev–Trinajstić information content (AvgIpc) is 1.85. The molecule has 0 spiro atoms. The first-order valence-electron chi connectivity index (χ1n) is 4.38. The smallest absolute Gasteiger partial charge is 0.0134 e. The van der Waals surface area contributed by atoms with Gasteiger partial charge in [0.15, 0.2) is 0 Å². The lowest BCUT2D eigenvalue weighted by Gasteiger charge is -2.17. The van der Waals surface area contributed by atoms with Gasteiger partial charge in [-0.05, 0) is 25.3 Å². The Bertz CT molecular complexity index is 109. The predicted octanol–water partition coefficient (Wildman–Crippen LogP) is 2.59. The summed E-state index contributed by atoms with van der Waals surface area (Å²) in [6, 6.07) is 0. The zero-order chi connectivity index (χ0) is 8.74. The quantitative estimate of drug-likeness (QED) is 0.486. The van der Waals surface area contributed by atoms with Crippen LogP contribution in [0.15, 0.2) is 12.2 Å². The van der Waals surface area contributed by atoms with Crippen molar-refractivity contribution in [2.75, 3.05) is 13.1 Å². The Balaban J connectivity index is 3.15. The molecule has 11 heavy (non-hydrogen) atoms. The van der Waals surface area contributed by atoms with E-state index in [0.29, 0.717) is 5.41 Å². The number of hydrogen-bond donors (Lipinski definition) is 1. The Kier molecular flexibility index (Phi) is 5.22. The van der Waals surface area contributed by atoms with E-state index in [1.807, 2.05) is 6.92 Å². The lowest BCUT2D eigenvalue weighted by molar-refractivity contribution is 0.370. The summed E-state index contributed by atoms with van der Waals surface area (Å²) in [5.74, 6) is 0. The maximum Gasteiger partial charge on any atom is 0.0134 e. The maximum absolute atomic E-state index is 3.36. The second-order valence-electron chi connectivity index (χ2n) is 4.08. The monoisotopic (exact) mass is 155 g/mol. The zero-order valence-corrected chi connectivity index (χ0v) is 8.28. The van der Waals surface area contributed by atoms with Crippen LogP contribution >= 0.6 is 0 Å². The van der Waals surface area contributed by atoms with Crippen molar-refractivity contribution in [3.8, 4) is 0 Å². The molecule has 0 aromatic rings. The van der Waals surface area contributed by atoms with E-state index in [1.165, 1.54) is 6.42 Å². The van der Waals surface area contributed by atoms with E-state index in [1.54, 1.807) is 0 Å². The highest BCUT2D eigenvalue weighted by atomic mass is 14.8. The van der Waals surface area contributed by atoms with Gasteiger partial charge in [0.05, 0.1) is 0 Å². The molecule has 0 amide bonds. The van der Waals surface area contributed by atoms with Crippen LogP contribution in [0.25, 0.3) is 0 Å². The predicted molar refractivity (Wildman–Crippen MR) is 51.8 cm³/mol. The first-order valence-corrected chi connectivity index (χ1v) is 4.38. The van der Waals surface area contributed by atoms with Gasteiger partial charge in [-0.1, -0.05) is 32.9 Å². The molecule has 1 N–H and O–H groups in total. The highest BCUT2D eigenvalue weighted by Crippen LogP contribution is 2.16. The van der Waals surface area contributed by atoms with Crippen molar-refractivity contribution < 1.29 is 0 Å². The van der Waals surface area contributed by atoms with Crippen LogP contribution in [0.3, 0.4) is 0 Å². The van der Waals surface area contributed by atoms with Gasteiger partial charge in [-0.25, -0.2) is 0 Å². The van der Waals surface area contributed by atoms with Crippen LogP contribution in [0, 0.1) is 5.41 Å². The van der Waals surface area contributed by atoms with Crippen molar-refractivity contribution in [3.05, 3.63) is 12.2 Å². The van der Waals surface area contributed by atoms with E-state index in [4.69, 9.17) is 0 Å². The average molecular weight is 155 g/mol. The summed E-state index contributed by atoms with van der Waals surface area (Å²) in [4.78, 5) is 0. The summed E-state index contributed by atoms with van der Waals surface area (Å²) < 4.78 is 0. The van der Waals surface area contributed by atoms with Gasteiger partial charge in [-0.2, -0.15) is 0 Å². The van der Waals surface area contributed by atoms with Crippen molar-refractivity contribution >= 4 is 0 Å². The molecule has 0 heterocycles. The fraction of sp³-hybridized carbons (Fsp3) is 0.800. The maximum atomic E-state index is 3.36. The highest BCUT2D eigenvalue weighted by Gasteiger charge is 2.07. The van der Waals surface area contributed by atoms with Gasteiger partial charge in [0.25, 0.3) is 0 Å². The SMILES string of the molecule is C/C=C/CNCCC(C)(C)C. The molecular formula is C10H21N. The minimum Gasteiger partial charge on any atom is -0.313 e. The Morgan fingerprint density at radius 3 is 2.36 bits per heavy atom. The molecule has 0 aliphatic rings. The largest absolute Gasteiger partial charge is 0.313 e. The topological polar surface area (TPSA) is 12.0 Å². The molecule has 66 valence electrons. The molecule has 0 aliphatic carbocycles. The lowest BCUT2D eigenvalue weighted by atomic mass is 9.92. The van der Waals surface area contributed by atoms with Gasteiger partial charge in [-0.3, -0.25) is 0 Å². The van der Waals surface area contributed by atoms with Crippen molar-refractivity contribution in [2.45, 2.75) is 34.1 Å². The van der Waals surface area contributed by atoms with E-state index < -0.39 is 0 Å². The normalized spacial score (nSPS) is 12.7. The zero-order valence-electron chi connectivity index (χ0n) is 8.28. The molecule has 0 bridgehead atoms. The third-order valence-corrected chi connectivity index (χ3v) is 1.55. The number of rotatable bonds is 4. The molecule has 1 nitrogen and oxygen atoms in total. The molecule has 0 aliphatic heterocycles. The molecule has 0 unspecified atom stereocenters. The van der Waals surface area contributed by atoms with Gasteiger partial charge in [0.2, 0.25) is 0 Å². The number of allylic oxidation sites excluding steroid dienone is 1. The van der Waals surface area contributed by atoms with Gasteiger partial charge in [0, 0.05) is 6.54 Å². The Hall–Kier alpha value is -0.300. The van der Waals surface area contributed by atoms with Gasteiger partial charge >= 0.3 is 0 Å². The molecule has 0 aromatic heterocycles. The molecule has 0 fully saturated rings. The van der Waals surface area contributed by atoms with Gasteiger partial charge in [0.1, 0.15) is 0 Å². The van der Waals surface area contributed by atoms with E-state index in [9.17, 15) is 0 Å². The molecule has 0 rings (SSSR count). The molecule has 0 atom stereocenters. The summed E-state index contributed by atoms with van der Waals surface area (Å²) in [6.07, 6.45) is 5.46. The van der Waals surface area contributed by atoms with Crippen LogP contribution in [0.1, 0.15) is 34.1 Å². The van der Waals surface area contributed by atoms with E-state index >= 15 is 0 Å². The van der Waals surface area contributed by atoms with Gasteiger partial charge in [-0.15, -0.1) is 0 Å². The molecule has 1 heteroatoms. The third kappa shape index (κ3) is 9.70. The second-order valence-corrected chi connectivity index (χ2v) is 4.08. The number of hydrogen-bond acceptors (Lipinski definition) is 1. The third-order valence-electron chi connectivity index (χ3n) is 1.55. The van der Waals surface area contributed by atoms with Crippen molar-refractivity contribution in [1.29, 1.82) is 0 Å². The van der Waals surface area contributed by atoms with Crippen LogP contribution in [0.5, 0.6) is 0 Å². The Morgan fingerprint density at radius 1 is 1.27 bits per heavy atom. The summed E-state index contributed by atoms with van der Waals surface area (Å²) in [5.41, 5.74) is 0.461. The first-order chi connectivity index (χ1) is 5.06. The fourth-order valence-electron chi connectivity index (χ4n) is 0.767. The summed E-state index contributed by atoms with van der Waals surface area (Å²) in [5, 5.41) is 3.36. The standard InChI is InChI=1S/C10H21N/c1-5-6-8-11-9-7-10(2,3)4/h5-6,11H,7-9H2,1-4H3/b6-5+. The van der Waals surface area contributed by atoms with Crippen molar-refractivity contribution in [2.24, 2.45) is 5.41 Å². The first kappa shape index (κ1) is 10.7. The van der Waals surface area contributed by atoms with Crippen LogP contribution in [0.2, 0.25) is 0 Å². The van der Waals surface area contributed by atoms with Crippen LogP contribution in [-0.4, -0.2) is 13.1 Å². The molecule has 0 saturated heterocycles. The van der Waals surface area contributed by atoms with E-state index in [2.05, 4.69) is 38.2 Å². The van der Waals surface area contributed by atoms with E-state index in [-0.39, 0.29) is 0 Å². The highest BCUT2D eigenvalue weighted by molar-refractivity contribution is 4.79. The molecule has 0 radical (unpaired) electrons. The minimum absolute atomic E-state index is 0.461. The lowest BCUT2D eigenvalue weighted by Crippen LogP contribution is -2.20. The van der Waals surface area contributed by atoms with Crippen LogP contribution in [0.4, 0.5) is 0 Å². The minimum atomic E-state index is 0.461. The van der Waals surface area contributed by atoms with Crippen molar-refractivity contribution in [3.63, 3.8) is 0 Å². The fourth-order valence-corrected chi connectivity index (χ4v) is 0.767. The van der Waals surface area contributed by atoms with Gasteiger partial charge < -0.3 is 5.32 Å². The number of nitrogens with one attached hydrogen (secondary N) is 1. The summed E-state index contributed by atoms with van der Waals surface area (Å²) in [7, 11) is 0. The molecular weight excluding hydrogens is 134 g/mol. The van der Waals surface area contributed by atoms with E-state index in [0.717, 1.165) is 13.1 Å². The van der Waals surface area contributed by atoms with Crippen molar-refractivity contribution in [1.82, 2.24) is 5.32 Å². The Morgan fingerprint density at radius 2 is 1.91 bits per heavy atom. The summed E-state index contributed by atoms with van der Waals surface area (Å²) >= 11 is 0. The van der Waals surface area contributed by atoms with Crippen LogP contribution in [-0.2, 0) is 0 Å². The second kappa shape index (κ2) is 5.36. The molecule has 0 aromatic carbocycles. The molecule has 0 saturated carbocycles. The summed E-state index contributed by atoms with van der Waals surface area (Å²) in [6.45, 7) is 11.0. The Labute approximate surface area is 70.9 Å². The van der Waals surface area contributed by atoms with Crippen LogP contribution < -0.4 is 5.32 Å².